The molecule has 1 aromatic carbocycles. The van der Waals surface area contributed by atoms with E-state index in [1.807, 2.05) is 25.7 Å². The van der Waals surface area contributed by atoms with Gasteiger partial charge in [0, 0.05) is 26.1 Å². The molecule has 1 atom stereocenters. The molecule has 1 unspecified atom stereocenters. The number of hydrogen-bond donors (Lipinski definition) is 1. The Bertz CT molecular complexity index is 892. The highest BCUT2D eigenvalue weighted by Gasteiger charge is 2.30. The van der Waals surface area contributed by atoms with E-state index in [-0.39, 0.29) is 23.8 Å². The number of imide groups is 1. The molecule has 3 saturated heterocycles. The van der Waals surface area contributed by atoms with E-state index in [9.17, 15) is 14.4 Å². The van der Waals surface area contributed by atoms with Crippen LogP contribution < -0.4 is 5.32 Å². The third kappa shape index (κ3) is 7.06. The first kappa shape index (κ1) is 25.7. The summed E-state index contributed by atoms with van der Waals surface area (Å²) in [6, 6.07) is 8.53. The van der Waals surface area contributed by atoms with Crippen LogP contribution in [0.1, 0.15) is 88.7 Å². The topological polar surface area (TPSA) is 79.0 Å². The van der Waals surface area contributed by atoms with Crippen molar-refractivity contribution in [3.8, 4) is 0 Å². The largest absolute Gasteiger partial charge is 0.444 e. The van der Waals surface area contributed by atoms with E-state index < -0.39 is 5.60 Å². The Kier molecular flexibility index (Phi) is 8.15. The van der Waals surface area contributed by atoms with E-state index in [0.29, 0.717) is 18.3 Å². The van der Waals surface area contributed by atoms with Gasteiger partial charge in [-0.1, -0.05) is 24.3 Å². The number of piperidine rings is 2. The highest BCUT2D eigenvalue weighted by molar-refractivity contribution is 5.99. The number of carbonyl (C=O) groups excluding carboxylic acids is 3. The van der Waals surface area contributed by atoms with Gasteiger partial charge in [-0.3, -0.25) is 14.9 Å². The van der Waals surface area contributed by atoms with E-state index in [0.717, 1.165) is 76.8 Å². The van der Waals surface area contributed by atoms with Crippen molar-refractivity contribution in [2.75, 3.05) is 32.7 Å². The van der Waals surface area contributed by atoms with Crippen LogP contribution in [0.15, 0.2) is 24.3 Å². The molecule has 0 radical (unpaired) electrons. The standard InChI is InChI=1S/C28H41N3O4/c1-28(2,3)35-27(34)31-17-11-20(12-18-31)19-30-15-13-22(14-16-30)21-7-9-23(10-8-21)24-5-4-6-25(32)29-26(24)33/h7-10,20,22,24H,4-6,11-19H2,1-3H3,(H,29,32,33). The zero-order chi connectivity index (χ0) is 25.0. The van der Waals surface area contributed by atoms with Crippen LogP contribution >= 0.6 is 0 Å². The lowest BCUT2D eigenvalue weighted by Gasteiger charge is -2.38. The summed E-state index contributed by atoms with van der Waals surface area (Å²) in [5.41, 5.74) is 1.92. The molecule has 3 aliphatic heterocycles. The second-order valence-electron chi connectivity index (χ2n) is 11.5. The number of rotatable bonds is 4. The number of benzene rings is 1. The highest BCUT2D eigenvalue weighted by Crippen LogP contribution is 2.32. The molecule has 0 spiro atoms. The Morgan fingerprint density at radius 2 is 1.57 bits per heavy atom. The van der Waals surface area contributed by atoms with Crippen LogP contribution in [0.5, 0.6) is 0 Å². The lowest BCUT2D eigenvalue weighted by Crippen LogP contribution is -2.44. The van der Waals surface area contributed by atoms with Crippen LogP contribution in [0.4, 0.5) is 4.79 Å². The molecule has 1 aromatic rings. The van der Waals surface area contributed by atoms with Gasteiger partial charge < -0.3 is 14.5 Å². The van der Waals surface area contributed by atoms with Gasteiger partial charge in [-0.25, -0.2) is 4.79 Å². The highest BCUT2D eigenvalue weighted by atomic mass is 16.6. The molecule has 1 N–H and O–H groups in total. The minimum absolute atomic E-state index is 0.158. The summed E-state index contributed by atoms with van der Waals surface area (Å²) in [5.74, 6) is 0.653. The number of hydrogen-bond acceptors (Lipinski definition) is 5. The monoisotopic (exact) mass is 483 g/mol. The maximum atomic E-state index is 12.4. The van der Waals surface area contributed by atoms with E-state index in [2.05, 4.69) is 34.5 Å². The summed E-state index contributed by atoms with van der Waals surface area (Å²) in [4.78, 5) is 40.7. The fourth-order valence-electron chi connectivity index (χ4n) is 5.64. The molecule has 4 rings (SSSR count). The molecule has 0 saturated carbocycles. The normalized spacial score (nSPS) is 23.6. The van der Waals surface area contributed by atoms with E-state index in [1.54, 1.807) is 0 Å². The summed E-state index contributed by atoms with van der Waals surface area (Å²) >= 11 is 0. The number of nitrogens with one attached hydrogen (secondary N) is 1. The van der Waals surface area contributed by atoms with Crippen molar-refractivity contribution in [2.24, 2.45) is 5.92 Å². The maximum absolute atomic E-state index is 12.4. The number of likely N-dealkylation sites (tertiary alicyclic amines) is 2. The number of ether oxygens (including phenoxy) is 1. The lowest BCUT2D eigenvalue weighted by atomic mass is 9.86. The molecule has 3 fully saturated rings. The Labute approximate surface area is 209 Å². The van der Waals surface area contributed by atoms with Crippen molar-refractivity contribution in [3.63, 3.8) is 0 Å². The van der Waals surface area contributed by atoms with Crippen molar-refractivity contribution < 1.29 is 19.1 Å². The number of amides is 3. The van der Waals surface area contributed by atoms with Crippen LogP contribution in [-0.2, 0) is 14.3 Å². The molecule has 3 heterocycles. The van der Waals surface area contributed by atoms with Crippen LogP contribution in [0.3, 0.4) is 0 Å². The summed E-state index contributed by atoms with van der Waals surface area (Å²) in [5, 5.41) is 2.51. The molecular weight excluding hydrogens is 442 g/mol. The SMILES string of the molecule is CC(C)(C)OC(=O)N1CCC(CN2CCC(c3ccc(C4CCCC(=O)NC4=O)cc3)CC2)CC1. The molecule has 3 amide bonds. The number of carbonyl (C=O) groups is 3. The van der Waals surface area contributed by atoms with Crippen LogP contribution in [0, 0.1) is 5.92 Å². The van der Waals surface area contributed by atoms with Crippen molar-refractivity contribution in [1.82, 2.24) is 15.1 Å². The molecule has 7 nitrogen and oxygen atoms in total. The molecule has 7 heteroatoms. The first-order chi connectivity index (χ1) is 16.7. The quantitative estimate of drug-likeness (QED) is 0.641. The van der Waals surface area contributed by atoms with Gasteiger partial charge in [-0.15, -0.1) is 0 Å². The van der Waals surface area contributed by atoms with Gasteiger partial charge in [0.25, 0.3) is 0 Å². The zero-order valence-corrected chi connectivity index (χ0v) is 21.6. The van der Waals surface area contributed by atoms with E-state index >= 15 is 0 Å². The minimum atomic E-state index is -0.442. The van der Waals surface area contributed by atoms with Gasteiger partial charge in [0.05, 0.1) is 5.92 Å². The van der Waals surface area contributed by atoms with Gasteiger partial charge in [0.1, 0.15) is 5.60 Å². The zero-order valence-electron chi connectivity index (χ0n) is 21.6. The molecule has 0 aromatic heterocycles. The predicted octanol–water partition coefficient (Wildman–Crippen LogP) is 4.42. The van der Waals surface area contributed by atoms with Crippen molar-refractivity contribution >= 4 is 17.9 Å². The number of nitrogens with zero attached hydrogens (tertiary/aromatic N) is 2. The molecule has 192 valence electrons. The van der Waals surface area contributed by atoms with Crippen molar-refractivity contribution in [2.45, 2.75) is 83.2 Å². The van der Waals surface area contributed by atoms with Crippen molar-refractivity contribution in [1.29, 1.82) is 0 Å². The van der Waals surface area contributed by atoms with Crippen LogP contribution in [0.2, 0.25) is 0 Å². The Hall–Kier alpha value is -2.41. The Morgan fingerprint density at radius 1 is 0.943 bits per heavy atom. The molecule has 0 bridgehead atoms. The first-order valence-electron chi connectivity index (χ1n) is 13.3. The minimum Gasteiger partial charge on any atom is -0.444 e. The second kappa shape index (κ2) is 11.1. The second-order valence-corrected chi connectivity index (χ2v) is 11.5. The first-order valence-corrected chi connectivity index (χ1v) is 13.3. The van der Waals surface area contributed by atoms with E-state index in [4.69, 9.17) is 4.74 Å². The molecular formula is C28H41N3O4. The lowest BCUT2D eigenvalue weighted by molar-refractivity contribution is -0.130. The maximum Gasteiger partial charge on any atom is 0.410 e. The molecule has 3 aliphatic rings. The van der Waals surface area contributed by atoms with Gasteiger partial charge in [-0.2, -0.15) is 0 Å². The van der Waals surface area contributed by atoms with Gasteiger partial charge in [0.15, 0.2) is 0 Å². The average molecular weight is 484 g/mol. The molecule has 0 aliphatic carbocycles. The predicted molar refractivity (Wildman–Crippen MR) is 135 cm³/mol. The third-order valence-electron chi connectivity index (χ3n) is 7.66. The van der Waals surface area contributed by atoms with Crippen LogP contribution in [-0.4, -0.2) is 66.0 Å². The van der Waals surface area contributed by atoms with Gasteiger partial charge >= 0.3 is 6.09 Å². The summed E-state index contributed by atoms with van der Waals surface area (Å²) < 4.78 is 5.52. The summed E-state index contributed by atoms with van der Waals surface area (Å²) in [6.07, 6.45) is 6.11. The van der Waals surface area contributed by atoms with Gasteiger partial charge in [0.2, 0.25) is 11.8 Å². The average Bonchev–Trinajstić information content (AvgIpc) is 2.99. The third-order valence-corrected chi connectivity index (χ3v) is 7.66. The smallest absolute Gasteiger partial charge is 0.410 e. The summed E-state index contributed by atoms with van der Waals surface area (Å²) in [7, 11) is 0. The van der Waals surface area contributed by atoms with Gasteiger partial charge in [-0.05, 0) is 95.3 Å². The van der Waals surface area contributed by atoms with Crippen LogP contribution in [0.25, 0.3) is 0 Å². The van der Waals surface area contributed by atoms with Crippen molar-refractivity contribution in [3.05, 3.63) is 35.4 Å². The fraction of sp³-hybridized carbons (Fsp3) is 0.679. The Balaban J connectivity index is 1.21. The Morgan fingerprint density at radius 3 is 2.20 bits per heavy atom. The fourth-order valence-corrected chi connectivity index (χ4v) is 5.64. The van der Waals surface area contributed by atoms with E-state index in [1.165, 1.54) is 5.56 Å². The summed E-state index contributed by atoms with van der Waals surface area (Å²) in [6.45, 7) is 10.6. The molecule has 35 heavy (non-hydrogen) atoms.